The number of nitrogens with zero attached hydrogens (tertiary/aromatic N) is 1. The second kappa shape index (κ2) is 7.57. The molecule has 2 unspecified atom stereocenters. The molecule has 0 aromatic heterocycles. The molecular formula is C20H24N4O5. The van der Waals surface area contributed by atoms with E-state index in [4.69, 9.17) is 4.74 Å². The number of piperidine rings is 1. The third kappa shape index (κ3) is 3.51. The number of carbonyl (C=O) groups excluding carboxylic acids is 4. The van der Waals surface area contributed by atoms with Gasteiger partial charge in [-0.2, -0.15) is 0 Å². The molecule has 29 heavy (non-hydrogen) atoms. The van der Waals surface area contributed by atoms with Crippen molar-refractivity contribution >= 4 is 29.3 Å². The Bertz CT molecular complexity index is 878. The lowest BCUT2D eigenvalue weighted by molar-refractivity contribution is -0.136. The van der Waals surface area contributed by atoms with E-state index in [2.05, 4.69) is 16.0 Å². The molecule has 9 heteroatoms. The van der Waals surface area contributed by atoms with Crippen LogP contribution in [0.2, 0.25) is 0 Å². The standard InChI is InChI=1S/C20H24N4O5/c1-29-11-20(7-2-8-22-20)10-21-12-3-4-13-14(9-12)19(28)24(18(13)27)15-5-6-16(25)23-17(15)26/h3-4,9,15,21-22H,2,5-8,10-11H2,1H3,(H,23,25,26). The number of ether oxygens (including phenoxy) is 1. The fourth-order valence-corrected chi connectivity index (χ4v) is 4.32. The quantitative estimate of drug-likeness (QED) is 0.587. The van der Waals surface area contributed by atoms with E-state index in [1.165, 1.54) is 0 Å². The Morgan fingerprint density at radius 1 is 1.21 bits per heavy atom. The first-order valence-electron chi connectivity index (χ1n) is 9.78. The summed E-state index contributed by atoms with van der Waals surface area (Å²) in [6.07, 6.45) is 2.31. The van der Waals surface area contributed by atoms with E-state index in [0.717, 1.165) is 30.0 Å². The van der Waals surface area contributed by atoms with Crippen LogP contribution < -0.4 is 16.0 Å². The molecule has 3 heterocycles. The lowest BCUT2D eigenvalue weighted by Gasteiger charge is -2.29. The van der Waals surface area contributed by atoms with Crippen molar-refractivity contribution in [3.05, 3.63) is 29.3 Å². The van der Waals surface area contributed by atoms with Crippen LogP contribution in [0.4, 0.5) is 5.69 Å². The maximum atomic E-state index is 12.9. The molecule has 2 saturated heterocycles. The topological polar surface area (TPSA) is 117 Å². The van der Waals surface area contributed by atoms with Gasteiger partial charge in [-0.15, -0.1) is 0 Å². The van der Waals surface area contributed by atoms with Crippen molar-refractivity contribution in [2.45, 2.75) is 37.3 Å². The summed E-state index contributed by atoms with van der Waals surface area (Å²) < 4.78 is 5.35. The van der Waals surface area contributed by atoms with Crippen LogP contribution in [-0.2, 0) is 14.3 Å². The molecule has 1 aromatic carbocycles. The SMILES string of the molecule is COCC1(CNc2ccc3c(c2)C(=O)N(C2CCC(=O)NC2=O)C3=O)CCCN1. The van der Waals surface area contributed by atoms with Crippen molar-refractivity contribution < 1.29 is 23.9 Å². The van der Waals surface area contributed by atoms with Crippen LogP contribution >= 0.6 is 0 Å². The number of amides is 4. The molecule has 3 aliphatic heterocycles. The van der Waals surface area contributed by atoms with Crippen LogP contribution in [0.25, 0.3) is 0 Å². The number of rotatable bonds is 6. The van der Waals surface area contributed by atoms with Crippen LogP contribution in [0.3, 0.4) is 0 Å². The zero-order chi connectivity index (χ0) is 20.6. The van der Waals surface area contributed by atoms with Crippen molar-refractivity contribution in [2.24, 2.45) is 0 Å². The summed E-state index contributed by atoms with van der Waals surface area (Å²) in [5, 5.41) is 9.02. The van der Waals surface area contributed by atoms with Crippen molar-refractivity contribution in [1.82, 2.24) is 15.5 Å². The smallest absolute Gasteiger partial charge is 0.262 e. The van der Waals surface area contributed by atoms with E-state index >= 15 is 0 Å². The lowest BCUT2D eigenvalue weighted by Crippen LogP contribution is -2.54. The van der Waals surface area contributed by atoms with Gasteiger partial charge in [-0.1, -0.05) is 0 Å². The number of methoxy groups -OCH3 is 1. The highest BCUT2D eigenvalue weighted by Gasteiger charge is 2.44. The van der Waals surface area contributed by atoms with E-state index in [-0.39, 0.29) is 35.4 Å². The summed E-state index contributed by atoms with van der Waals surface area (Å²) in [6, 6.07) is 4.06. The third-order valence-corrected chi connectivity index (χ3v) is 5.82. The number of hydrogen-bond acceptors (Lipinski definition) is 7. The number of imide groups is 2. The van der Waals surface area contributed by atoms with E-state index in [1.807, 2.05) is 0 Å². The highest BCUT2D eigenvalue weighted by molar-refractivity contribution is 6.23. The van der Waals surface area contributed by atoms with Crippen LogP contribution in [-0.4, -0.2) is 66.9 Å². The number of benzene rings is 1. The van der Waals surface area contributed by atoms with Crippen LogP contribution in [0.15, 0.2) is 18.2 Å². The summed E-state index contributed by atoms with van der Waals surface area (Å²) in [5.74, 6) is -2.00. The van der Waals surface area contributed by atoms with Gasteiger partial charge in [0.25, 0.3) is 11.8 Å². The van der Waals surface area contributed by atoms with Gasteiger partial charge in [-0.25, -0.2) is 0 Å². The van der Waals surface area contributed by atoms with Gasteiger partial charge in [0.05, 0.1) is 23.3 Å². The summed E-state index contributed by atoms with van der Waals surface area (Å²) in [4.78, 5) is 50.1. The fourth-order valence-electron chi connectivity index (χ4n) is 4.32. The first-order chi connectivity index (χ1) is 13.9. The van der Waals surface area contributed by atoms with Crippen molar-refractivity contribution in [3.8, 4) is 0 Å². The highest BCUT2D eigenvalue weighted by Crippen LogP contribution is 2.30. The Morgan fingerprint density at radius 2 is 2.00 bits per heavy atom. The van der Waals surface area contributed by atoms with Crippen LogP contribution in [0.1, 0.15) is 46.4 Å². The Morgan fingerprint density at radius 3 is 2.69 bits per heavy atom. The largest absolute Gasteiger partial charge is 0.383 e. The Balaban J connectivity index is 1.51. The molecule has 9 nitrogen and oxygen atoms in total. The molecule has 0 bridgehead atoms. The lowest BCUT2D eigenvalue weighted by atomic mass is 9.98. The van der Waals surface area contributed by atoms with Crippen molar-refractivity contribution in [2.75, 3.05) is 32.1 Å². The predicted molar refractivity (Wildman–Crippen MR) is 103 cm³/mol. The average Bonchev–Trinajstić information content (AvgIpc) is 3.25. The number of nitrogens with one attached hydrogen (secondary N) is 3. The van der Waals surface area contributed by atoms with E-state index < -0.39 is 23.8 Å². The molecule has 1 aromatic rings. The van der Waals surface area contributed by atoms with Gasteiger partial charge < -0.3 is 15.4 Å². The summed E-state index contributed by atoms with van der Waals surface area (Å²) >= 11 is 0. The van der Waals surface area contributed by atoms with Gasteiger partial charge in [0, 0.05) is 25.8 Å². The van der Waals surface area contributed by atoms with Gasteiger partial charge in [0.2, 0.25) is 11.8 Å². The zero-order valence-electron chi connectivity index (χ0n) is 16.2. The second-order valence-corrected chi connectivity index (χ2v) is 7.80. The maximum Gasteiger partial charge on any atom is 0.262 e. The van der Waals surface area contributed by atoms with Crippen LogP contribution in [0, 0.1) is 0 Å². The molecule has 2 fully saturated rings. The Kier molecular flexibility index (Phi) is 5.10. The molecule has 0 spiro atoms. The predicted octanol–water partition coefficient (Wildman–Crippen LogP) is 0.268. The molecule has 3 N–H and O–H groups in total. The van der Waals surface area contributed by atoms with Crippen molar-refractivity contribution in [3.63, 3.8) is 0 Å². The Hall–Kier alpha value is -2.78. The van der Waals surface area contributed by atoms with E-state index in [0.29, 0.717) is 13.2 Å². The number of hydrogen-bond donors (Lipinski definition) is 3. The summed E-state index contributed by atoms with van der Waals surface area (Å²) in [5.41, 5.74) is 1.10. The summed E-state index contributed by atoms with van der Waals surface area (Å²) in [7, 11) is 1.67. The minimum absolute atomic E-state index is 0.102. The average molecular weight is 400 g/mol. The van der Waals surface area contributed by atoms with Crippen molar-refractivity contribution in [1.29, 1.82) is 0 Å². The first kappa shape index (κ1) is 19.5. The molecule has 0 radical (unpaired) electrons. The van der Waals surface area contributed by atoms with Gasteiger partial charge in [-0.3, -0.25) is 29.4 Å². The summed E-state index contributed by atoms with van der Waals surface area (Å²) in [6.45, 7) is 2.13. The normalized spacial score (nSPS) is 26.7. The fraction of sp³-hybridized carbons (Fsp3) is 0.500. The maximum absolute atomic E-state index is 12.9. The zero-order valence-corrected chi connectivity index (χ0v) is 16.2. The number of carbonyl (C=O) groups is 4. The van der Waals surface area contributed by atoms with Gasteiger partial charge in [0.1, 0.15) is 6.04 Å². The molecule has 4 amide bonds. The minimum atomic E-state index is -0.954. The molecule has 4 rings (SSSR count). The molecule has 154 valence electrons. The molecular weight excluding hydrogens is 376 g/mol. The molecule has 2 atom stereocenters. The number of anilines is 1. The van der Waals surface area contributed by atoms with Gasteiger partial charge in [-0.05, 0) is 44.0 Å². The molecule has 0 saturated carbocycles. The van der Waals surface area contributed by atoms with Crippen LogP contribution in [0.5, 0.6) is 0 Å². The third-order valence-electron chi connectivity index (χ3n) is 5.82. The molecule has 0 aliphatic carbocycles. The second-order valence-electron chi connectivity index (χ2n) is 7.80. The first-order valence-corrected chi connectivity index (χ1v) is 9.78. The van der Waals surface area contributed by atoms with E-state index in [1.54, 1.807) is 25.3 Å². The van der Waals surface area contributed by atoms with Gasteiger partial charge >= 0.3 is 0 Å². The Labute approximate surface area is 168 Å². The monoisotopic (exact) mass is 400 g/mol. The minimum Gasteiger partial charge on any atom is -0.383 e. The van der Waals surface area contributed by atoms with E-state index in [9.17, 15) is 19.2 Å². The highest BCUT2D eigenvalue weighted by atomic mass is 16.5. The number of fused-ring (bicyclic) bond motifs is 1. The molecule has 3 aliphatic rings. The van der Waals surface area contributed by atoms with Gasteiger partial charge in [0.15, 0.2) is 0 Å².